The van der Waals surface area contributed by atoms with E-state index in [9.17, 15) is 4.79 Å². The van der Waals surface area contributed by atoms with Gasteiger partial charge in [0.05, 0.1) is 6.54 Å². The lowest BCUT2D eigenvalue weighted by Gasteiger charge is -2.14. The number of aromatic nitrogens is 2. The summed E-state index contributed by atoms with van der Waals surface area (Å²) in [4.78, 5) is 21.5. The average molecular weight is 226 g/mol. The quantitative estimate of drug-likeness (QED) is 0.718. The smallest absolute Gasteiger partial charge is 0.223 e. The third-order valence-electron chi connectivity index (χ3n) is 2.37. The van der Waals surface area contributed by atoms with Gasteiger partial charge < -0.3 is 4.90 Å². The van der Waals surface area contributed by atoms with Gasteiger partial charge in [-0.1, -0.05) is 11.6 Å². The molecule has 1 fully saturated rings. The SMILES string of the molecule is Cc1cc(Cl)nc(CN2CCCC2=O)n1. The fourth-order valence-electron chi connectivity index (χ4n) is 1.70. The Morgan fingerprint density at radius 3 is 2.93 bits per heavy atom. The highest BCUT2D eigenvalue weighted by atomic mass is 35.5. The lowest BCUT2D eigenvalue weighted by atomic mass is 10.4. The third kappa shape index (κ3) is 2.45. The maximum absolute atomic E-state index is 11.4. The summed E-state index contributed by atoms with van der Waals surface area (Å²) in [7, 11) is 0. The number of likely N-dealkylation sites (tertiary alicyclic amines) is 1. The molecule has 0 saturated carbocycles. The lowest BCUT2D eigenvalue weighted by molar-refractivity contribution is -0.128. The van der Waals surface area contributed by atoms with E-state index in [-0.39, 0.29) is 5.91 Å². The first-order valence-electron chi connectivity index (χ1n) is 4.93. The highest BCUT2D eigenvalue weighted by Crippen LogP contribution is 2.13. The second kappa shape index (κ2) is 4.14. The van der Waals surface area contributed by atoms with E-state index < -0.39 is 0 Å². The highest BCUT2D eigenvalue weighted by molar-refractivity contribution is 6.29. The summed E-state index contributed by atoms with van der Waals surface area (Å²) in [5, 5.41) is 0.434. The zero-order valence-electron chi connectivity index (χ0n) is 8.53. The van der Waals surface area contributed by atoms with Crippen LogP contribution in [0.5, 0.6) is 0 Å². The van der Waals surface area contributed by atoms with E-state index in [0.717, 1.165) is 18.7 Å². The van der Waals surface area contributed by atoms with Crippen molar-refractivity contribution in [2.75, 3.05) is 6.54 Å². The van der Waals surface area contributed by atoms with E-state index in [1.807, 2.05) is 6.92 Å². The second-order valence-electron chi connectivity index (χ2n) is 3.67. The molecular formula is C10H12ClN3O. The Kier molecular flexibility index (Phi) is 2.86. The van der Waals surface area contributed by atoms with E-state index in [4.69, 9.17) is 11.6 Å². The van der Waals surface area contributed by atoms with Crippen molar-refractivity contribution in [1.29, 1.82) is 0 Å². The molecule has 15 heavy (non-hydrogen) atoms. The molecule has 0 radical (unpaired) electrons. The average Bonchev–Trinajstić information content (AvgIpc) is 2.50. The molecule has 1 aromatic heterocycles. The molecule has 1 saturated heterocycles. The van der Waals surface area contributed by atoms with Gasteiger partial charge in [0.25, 0.3) is 0 Å². The number of rotatable bonds is 2. The normalized spacial score (nSPS) is 16.1. The molecule has 2 heterocycles. The largest absolute Gasteiger partial charge is 0.335 e. The molecule has 80 valence electrons. The summed E-state index contributed by atoms with van der Waals surface area (Å²) >= 11 is 5.82. The van der Waals surface area contributed by atoms with Crippen LogP contribution in [0.25, 0.3) is 0 Å². The van der Waals surface area contributed by atoms with Gasteiger partial charge >= 0.3 is 0 Å². The van der Waals surface area contributed by atoms with E-state index >= 15 is 0 Å². The van der Waals surface area contributed by atoms with Gasteiger partial charge in [-0.05, 0) is 19.4 Å². The number of nitrogens with zero attached hydrogens (tertiary/aromatic N) is 3. The fraction of sp³-hybridized carbons (Fsp3) is 0.500. The van der Waals surface area contributed by atoms with E-state index in [2.05, 4.69) is 9.97 Å². The van der Waals surface area contributed by atoms with Crippen molar-refractivity contribution in [3.63, 3.8) is 0 Å². The molecule has 0 aliphatic carbocycles. The highest BCUT2D eigenvalue weighted by Gasteiger charge is 2.21. The number of hydrogen-bond donors (Lipinski definition) is 0. The van der Waals surface area contributed by atoms with Crippen molar-refractivity contribution in [3.05, 3.63) is 22.7 Å². The number of carbonyl (C=O) groups excluding carboxylic acids is 1. The summed E-state index contributed by atoms with van der Waals surface area (Å²) in [5.41, 5.74) is 0.830. The maximum Gasteiger partial charge on any atom is 0.223 e. The van der Waals surface area contributed by atoms with Gasteiger partial charge in [-0.15, -0.1) is 0 Å². The molecule has 1 amide bonds. The van der Waals surface area contributed by atoms with Crippen molar-refractivity contribution in [3.8, 4) is 0 Å². The van der Waals surface area contributed by atoms with Gasteiger partial charge in [0.15, 0.2) is 0 Å². The number of amides is 1. The molecule has 0 bridgehead atoms. The first-order valence-corrected chi connectivity index (χ1v) is 5.31. The minimum absolute atomic E-state index is 0.177. The molecule has 0 unspecified atom stereocenters. The van der Waals surface area contributed by atoms with E-state index in [1.165, 1.54) is 0 Å². The van der Waals surface area contributed by atoms with Crippen LogP contribution in [0.3, 0.4) is 0 Å². The molecule has 1 aromatic rings. The van der Waals surface area contributed by atoms with Gasteiger partial charge in [0.1, 0.15) is 11.0 Å². The van der Waals surface area contributed by atoms with E-state index in [1.54, 1.807) is 11.0 Å². The number of hydrogen-bond acceptors (Lipinski definition) is 3. The lowest BCUT2D eigenvalue weighted by Crippen LogP contribution is -2.25. The summed E-state index contributed by atoms with van der Waals surface area (Å²) in [6.07, 6.45) is 1.57. The fourth-order valence-corrected chi connectivity index (χ4v) is 1.96. The molecule has 0 atom stereocenters. The van der Waals surface area contributed by atoms with E-state index in [0.29, 0.717) is 23.9 Å². The van der Waals surface area contributed by atoms with Crippen molar-refractivity contribution < 1.29 is 4.79 Å². The first kappa shape index (κ1) is 10.4. The van der Waals surface area contributed by atoms with Crippen LogP contribution in [0.15, 0.2) is 6.07 Å². The van der Waals surface area contributed by atoms with Gasteiger partial charge in [-0.3, -0.25) is 4.79 Å². The molecule has 1 aliphatic heterocycles. The molecule has 0 N–H and O–H groups in total. The Hall–Kier alpha value is -1.16. The zero-order valence-corrected chi connectivity index (χ0v) is 9.29. The predicted molar refractivity (Wildman–Crippen MR) is 56.4 cm³/mol. The maximum atomic E-state index is 11.4. The van der Waals surface area contributed by atoms with Gasteiger partial charge in [-0.25, -0.2) is 9.97 Å². The van der Waals surface area contributed by atoms with Crippen molar-refractivity contribution >= 4 is 17.5 Å². The topological polar surface area (TPSA) is 46.1 Å². The van der Waals surface area contributed by atoms with Gasteiger partial charge in [0.2, 0.25) is 5.91 Å². The second-order valence-corrected chi connectivity index (χ2v) is 4.05. The van der Waals surface area contributed by atoms with Crippen molar-refractivity contribution in [1.82, 2.24) is 14.9 Å². The molecule has 0 spiro atoms. The Labute approximate surface area is 93.3 Å². The number of carbonyl (C=O) groups is 1. The number of halogens is 1. The predicted octanol–water partition coefficient (Wildman–Crippen LogP) is 1.56. The summed E-state index contributed by atoms with van der Waals surface area (Å²) in [6, 6.07) is 1.71. The van der Waals surface area contributed by atoms with Crippen LogP contribution in [0.4, 0.5) is 0 Å². The molecule has 5 heteroatoms. The van der Waals surface area contributed by atoms with Crippen LogP contribution in [0.2, 0.25) is 5.15 Å². The summed E-state index contributed by atoms with van der Waals surface area (Å²) in [6.45, 7) is 3.14. The van der Waals surface area contributed by atoms with Crippen LogP contribution in [-0.4, -0.2) is 27.3 Å². The zero-order chi connectivity index (χ0) is 10.8. The summed E-state index contributed by atoms with van der Waals surface area (Å²) in [5.74, 6) is 0.798. The minimum Gasteiger partial charge on any atom is -0.335 e. The standard InChI is InChI=1S/C10H12ClN3O/c1-7-5-8(11)13-9(12-7)6-14-4-2-3-10(14)15/h5H,2-4,6H2,1H3. The molecule has 2 rings (SSSR count). The van der Waals surface area contributed by atoms with Crippen LogP contribution in [-0.2, 0) is 11.3 Å². The summed E-state index contributed by atoms with van der Waals surface area (Å²) < 4.78 is 0. The Morgan fingerprint density at radius 1 is 1.53 bits per heavy atom. The monoisotopic (exact) mass is 225 g/mol. The molecule has 0 aromatic carbocycles. The first-order chi connectivity index (χ1) is 7.15. The third-order valence-corrected chi connectivity index (χ3v) is 2.57. The Balaban J connectivity index is 2.13. The van der Waals surface area contributed by atoms with Crippen LogP contribution in [0.1, 0.15) is 24.4 Å². The molecule has 1 aliphatic rings. The van der Waals surface area contributed by atoms with Crippen molar-refractivity contribution in [2.45, 2.75) is 26.3 Å². The van der Waals surface area contributed by atoms with Gasteiger partial charge in [0, 0.05) is 18.7 Å². The number of aryl methyl sites for hydroxylation is 1. The molecule has 4 nitrogen and oxygen atoms in total. The Morgan fingerprint density at radius 2 is 2.33 bits per heavy atom. The van der Waals surface area contributed by atoms with Crippen molar-refractivity contribution in [2.24, 2.45) is 0 Å². The van der Waals surface area contributed by atoms with Crippen LogP contribution in [0, 0.1) is 6.92 Å². The molecular weight excluding hydrogens is 214 g/mol. The Bertz CT molecular complexity index is 374. The minimum atomic E-state index is 0.177. The van der Waals surface area contributed by atoms with Crippen LogP contribution < -0.4 is 0 Å². The van der Waals surface area contributed by atoms with Crippen LogP contribution >= 0.6 is 11.6 Å². The van der Waals surface area contributed by atoms with Gasteiger partial charge in [-0.2, -0.15) is 0 Å².